The first-order chi connectivity index (χ1) is 19.9. The summed E-state index contributed by atoms with van der Waals surface area (Å²) in [4.78, 5) is 24.6. The summed E-state index contributed by atoms with van der Waals surface area (Å²) in [6, 6.07) is 5.52. The number of carboxylic acids is 1. The predicted molar refractivity (Wildman–Crippen MR) is 170 cm³/mol. The number of aryl methyl sites for hydroxylation is 1. The molecule has 0 amide bonds. The van der Waals surface area contributed by atoms with Crippen molar-refractivity contribution in [3.63, 3.8) is 0 Å². The molecule has 0 saturated carbocycles. The zero-order valence-corrected chi connectivity index (χ0v) is 26.1. The largest absolute Gasteiger partial charge is 0.481 e. The van der Waals surface area contributed by atoms with Crippen LogP contribution in [0.15, 0.2) is 54.7 Å². The minimum absolute atomic E-state index is 0.0758. The van der Waals surface area contributed by atoms with E-state index in [0.717, 1.165) is 95.5 Å². The Balaban J connectivity index is 1.19. The minimum Gasteiger partial charge on any atom is -0.481 e. The van der Waals surface area contributed by atoms with Crippen molar-refractivity contribution in [2.45, 2.75) is 116 Å². The van der Waals surface area contributed by atoms with Gasteiger partial charge >= 0.3 is 11.9 Å². The van der Waals surface area contributed by atoms with Crippen molar-refractivity contribution in [1.82, 2.24) is 0 Å². The molecule has 226 valence electrons. The Hall–Kier alpha value is -2.04. The number of halogens is 2. The Morgan fingerprint density at radius 3 is 1.95 bits per heavy atom. The zero-order valence-electron chi connectivity index (χ0n) is 24.6. The monoisotopic (exact) mass is 602 g/mol. The highest BCUT2D eigenvalue weighted by molar-refractivity contribution is 6.35. The van der Waals surface area contributed by atoms with Gasteiger partial charge in [-0.2, -0.15) is 0 Å². The normalized spacial score (nSPS) is 21.7. The van der Waals surface area contributed by atoms with Gasteiger partial charge in [0.1, 0.15) is 0 Å². The molecule has 0 heterocycles. The lowest BCUT2D eigenvalue weighted by atomic mass is 9.82. The Morgan fingerprint density at radius 2 is 1.39 bits per heavy atom. The van der Waals surface area contributed by atoms with Gasteiger partial charge in [0.15, 0.2) is 0 Å². The second-order valence-electron chi connectivity index (χ2n) is 11.9. The molecule has 6 heteroatoms. The second kappa shape index (κ2) is 17.8. The molecule has 2 aliphatic rings. The third-order valence-corrected chi connectivity index (χ3v) is 9.30. The van der Waals surface area contributed by atoms with Crippen LogP contribution >= 0.6 is 23.2 Å². The van der Waals surface area contributed by atoms with Crippen molar-refractivity contribution in [1.29, 1.82) is 0 Å². The zero-order chi connectivity index (χ0) is 29.4. The Labute approximate surface area is 257 Å². The Bertz CT molecular complexity index is 1060. The fourth-order valence-corrected chi connectivity index (χ4v) is 6.59. The average molecular weight is 604 g/mol. The molecule has 3 rings (SSSR count). The van der Waals surface area contributed by atoms with Gasteiger partial charge in [-0.05, 0) is 94.7 Å². The van der Waals surface area contributed by atoms with Gasteiger partial charge in [-0.1, -0.05) is 104 Å². The number of esters is 1. The number of carboxylic acid groups (broad SMARTS) is 1. The van der Waals surface area contributed by atoms with Gasteiger partial charge in [-0.25, -0.2) is 0 Å². The third-order valence-electron chi connectivity index (χ3n) is 8.71. The molecule has 0 saturated heterocycles. The second-order valence-corrected chi connectivity index (χ2v) is 12.7. The topological polar surface area (TPSA) is 63.6 Å². The Morgan fingerprint density at radius 1 is 0.805 bits per heavy atom. The lowest BCUT2D eigenvalue weighted by Crippen LogP contribution is -2.29. The number of hydrogen-bond acceptors (Lipinski definition) is 3. The number of hydrogen-bond donors (Lipinski definition) is 1. The standard InChI is InChI=1S/C35H48Cl2O4/c36-30-20-19-29(31(37)28-30)18-17-27-41-33(40)35(25-15-16-26-35)24-12-10-8-6-4-2-1-3-5-7-9-11-21-34(32(38)39)22-13-14-23-34/h1-2,13,15,19-20,22,25,28H,3-12,14,16-18,21,23-24,26-27H2,(H,38,39)/b2-1-. The molecule has 2 unspecified atom stereocenters. The highest BCUT2D eigenvalue weighted by Gasteiger charge is 2.39. The number of ether oxygens (including phenoxy) is 1. The molecule has 41 heavy (non-hydrogen) atoms. The summed E-state index contributed by atoms with van der Waals surface area (Å²) in [5, 5.41) is 10.8. The van der Waals surface area contributed by atoms with E-state index < -0.39 is 16.8 Å². The summed E-state index contributed by atoms with van der Waals surface area (Å²) in [7, 11) is 0. The van der Waals surface area contributed by atoms with Gasteiger partial charge in [0.25, 0.3) is 0 Å². The lowest BCUT2D eigenvalue weighted by molar-refractivity contribution is -0.153. The van der Waals surface area contributed by atoms with Crippen LogP contribution in [0, 0.1) is 10.8 Å². The van der Waals surface area contributed by atoms with Crippen LogP contribution in [0.5, 0.6) is 0 Å². The first kappa shape index (κ1) is 33.5. The molecule has 2 atom stereocenters. The number of benzene rings is 1. The van der Waals surface area contributed by atoms with Crippen LogP contribution in [0.25, 0.3) is 0 Å². The molecule has 2 aliphatic carbocycles. The highest BCUT2D eigenvalue weighted by Crippen LogP contribution is 2.39. The fourth-order valence-electron chi connectivity index (χ4n) is 6.08. The van der Waals surface area contributed by atoms with E-state index in [2.05, 4.69) is 24.3 Å². The molecular formula is C35H48Cl2O4. The first-order valence-electron chi connectivity index (χ1n) is 15.7. The third kappa shape index (κ3) is 10.9. The van der Waals surface area contributed by atoms with E-state index >= 15 is 0 Å². The van der Waals surface area contributed by atoms with Gasteiger partial charge in [-0.3, -0.25) is 9.59 Å². The molecule has 0 fully saturated rings. The van der Waals surface area contributed by atoms with E-state index in [1.165, 1.54) is 25.7 Å². The van der Waals surface area contributed by atoms with Gasteiger partial charge < -0.3 is 9.84 Å². The number of carbonyl (C=O) groups is 2. The van der Waals surface area contributed by atoms with E-state index in [1.54, 1.807) is 6.07 Å². The number of carbonyl (C=O) groups excluding carboxylic acids is 1. The molecule has 0 radical (unpaired) electrons. The molecule has 1 N–H and O–H groups in total. The van der Waals surface area contributed by atoms with Crippen molar-refractivity contribution in [2.24, 2.45) is 10.8 Å². The van der Waals surface area contributed by atoms with E-state index in [9.17, 15) is 14.7 Å². The number of aliphatic carboxylic acids is 1. The van der Waals surface area contributed by atoms with Crippen molar-refractivity contribution in [2.75, 3.05) is 6.61 Å². The van der Waals surface area contributed by atoms with Crippen LogP contribution in [-0.2, 0) is 20.7 Å². The van der Waals surface area contributed by atoms with Crippen LogP contribution in [0.1, 0.15) is 115 Å². The SMILES string of the molecule is O=C(O)C1(CCCCCC/C=C\CCCCCCC2(C(=O)OCCCc3ccc(Cl)cc3Cl)C=CCC2)C=CCC1. The maximum atomic E-state index is 13.0. The quantitative estimate of drug-likeness (QED) is 0.0915. The summed E-state index contributed by atoms with van der Waals surface area (Å²) in [5.74, 6) is -0.733. The summed E-state index contributed by atoms with van der Waals surface area (Å²) in [5.41, 5.74) is -0.0105. The van der Waals surface area contributed by atoms with Crippen molar-refractivity contribution in [3.05, 3.63) is 70.3 Å². The first-order valence-corrected chi connectivity index (χ1v) is 16.5. The molecule has 0 aliphatic heterocycles. The minimum atomic E-state index is -0.657. The molecule has 4 nitrogen and oxygen atoms in total. The van der Waals surface area contributed by atoms with E-state index in [0.29, 0.717) is 16.7 Å². The summed E-state index contributed by atoms with van der Waals surface area (Å²) >= 11 is 12.2. The van der Waals surface area contributed by atoms with Crippen LogP contribution in [-0.4, -0.2) is 23.7 Å². The molecular weight excluding hydrogens is 555 g/mol. The van der Waals surface area contributed by atoms with Gasteiger partial charge in [-0.15, -0.1) is 0 Å². The van der Waals surface area contributed by atoms with Gasteiger partial charge in [0.2, 0.25) is 0 Å². The highest BCUT2D eigenvalue weighted by atomic mass is 35.5. The number of allylic oxidation sites excluding steroid dienone is 4. The lowest BCUT2D eigenvalue weighted by Gasteiger charge is -2.25. The van der Waals surface area contributed by atoms with Crippen LogP contribution < -0.4 is 0 Å². The van der Waals surface area contributed by atoms with Gasteiger partial charge in [0, 0.05) is 10.0 Å². The molecule has 0 spiro atoms. The number of rotatable bonds is 20. The summed E-state index contributed by atoms with van der Waals surface area (Å²) in [6.45, 7) is 0.405. The fraction of sp³-hybridized carbons (Fsp3) is 0.600. The maximum Gasteiger partial charge on any atom is 0.315 e. The van der Waals surface area contributed by atoms with Crippen LogP contribution in [0.2, 0.25) is 10.0 Å². The molecule has 1 aromatic carbocycles. The van der Waals surface area contributed by atoms with Gasteiger partial charge in [0.05, 0.1) is 17.4 Å². The van der Waals surface area contributed by atoms with Crippen molar-refractivity contribution >= 4 is 35.1 Å². The van der Waals surface area contributed by atoms with Crippen LogP contribution in [0.4, 0.5) is 0 Å². The Kier molecular flexibility index (Phi) is 14.5. The predicted octanol–water partition coefficient (Wildman–Crippen LogP) is 10.5. The van der Waals surface area contributed by atoms with Crippen molar-refractivity contribution < 1.29 is 19.4 Å². The summed E-state index contributed by atoms with van der Waals surface area (Å²) in [6.07, 6.45) is 30.6. The van der Waals surface area contributed by atoms with E-state index in [1.807, 2.05) is 24.3 Å². The van der Waals surface area contributed by atoms with Crippen molar-refractivity contribution in [3.8, 4) is 0 Å². The average Bonchev–Trinajstić information content (AvgIpc) is 3.64. The molecule has 0 aromatic heterocycles. The smallest absolute Gasteiger partial charge is 0.315 e. The van der Waals surface area contributed by atoms with E-state index in [-0.39, 0.29) is 5.97 Å². The summed E-state index contributed by atoms with van der Waals surface area (Å²) < 4.78 is 5.72. The molecule has 0 bridgehead atoms. The van der Waals surface area contributed by atoms with Crippen LogP contribution in [0.3, 0.4) is 0 Å². The molecule has 1 aromatic rings. The number of unbranched alkanes of at least 4 members (excludes halogenated alkanes) is 8. The van der Waals surface area contributed by atoms with E-state index in [4.69, 9.17) is 27.9 Å². The maximum absolute atomic E-state index is 13.0.